The highest BCUT2D eigenvalue weighted by Crippen LogP contribution is 2.44. The van der Waals surface area contributed by atoms with Gasteiger partial charge in [0.05, 0.1) is 25.0 Å². The molecule has 1 aromatic heterocycles. The van der Waals surface area contributed by atoms with Crippen molar-refractivity contribution in [2.45, 2.75) is 5.92 Å². The average Bonchev–Trinajstić information content (AvgIpc) is 3.26. The Balaban J connectivity index is 1.78. The van der Waals surface area contributed by atoms with E-state index in [1.807, 2.05) is 18.2 Å². The van der Waals surface area contributed by atoms with Gasteiger partial charge in [-0.15, -0.1) is 0 Å². The number of phenolic OH excluding ortho intramolecular Hbond substituents is 1. The van der Waals surface area contributed by atoms with Gasteiger partial charge in [-0.2, -0.15) is 5.26 Å². The van der Waals surface area contributed by atoms with Crippen LogP contribution in [0.5, 0.6) is 17.2 Å². The number of ether oxygens (including phenoxy) is 2. The molecule has 0 amide bonds. The average molecular weight is 387 g/mol. The number of furan rings is 1. The van der Waals surface area contributed by atoms with Crippen LogP contribution in [0.3, 0.4) is 0 Å². The second-order valence-corrected chi connectivity index (χ2v) is 6.35. The Morgan fingerprint density at radius 1 is 1.24 bits per heavy atom. The van der Waals surface area contributed by atoms with Gasteiger partial charge in [-0.3, -0.25) is 4.99 Å². The lowest BCUT2D eigenvalue weighted by Crippen LogP contribution is -2.21. The molecule has 2 heterocycles. The van der Waals surface area contributed by atoms with Crippen LogP contribution in [0, 0.1) is 11.3 Å². The molecular weight excluding hydrogens is 370 g/mol. The lowest BCUT2D eigenvalue weighted by atomic mass is 9.86. The number of benzene rings is 2. The van der Waals surface area contributed by atoms with Gasteiger partial charge in [-0.1, -0.05) is 6.07 Å². The third-order valence-corrected chi connectivity index (χ3v) is 4.60. The fourth-order valence-electron chi connectivity index (χ4n) is 3.20. The fraction of sp³-hybridized carbons (Fsp3) is 0.0909. The number of nitriles is 1. The summed E-state index contributed by atoms with van der Waals surface area (Å²) in [6.45, 7) is 0. The normalized spacial score (nSPS) is 15.7. The number of nitrogens with two attached hydrogens (primary N) is 1. The molecule has 1 aliphatic rings. The first-order chi connectivity index (χ1) is 14.1. The van der Waals surface area contributed by atoms with E-state index in [4.69, 9.17) is 19.6 Å². The van der Waals surface area contributed by atoms with E-state index in [1.54, 1.807) is 31.4 Å². The molecule has 3 N–H and O–H groups in total. The summed E-state index contributed by atoms with van der Waals surface area (Å²) in [7, 11) is 1.58. The van der Waals surface area contributed by atoms with Crippen molar-refractivity contribution in [1.82, 2.24) is 0 Å². The number of hydrogen-bond donors (Lipinski definition) is 2. The van der Waals surface area contributed by atoms with Crippen LogP contribution in [0.25, 0.3) is 0 Å². The maximum Gasteiger partial charge on any atom is 0.205 e. The van der Waals surface area contributed by atoms with E-state index in [0.29, 0.717) is 34.1 Å². The van der Waals surface area contributed by atoms with Gasteiger partial charge in [0, 0.05) is 29.5 Å². The van der Waals surface area contributed by atoms with E-state index < -0.39 is 5.92 Å². The summed E-state index contributed by atoms with van der Waals surface area (Å²) in [6.07, 6.45) is 3.07. The first-order valence-corrected chi connectivity index (χ1v) is 8.76. The van der Waals surface area contributed by atoms with Crippen LogP contribution in [-0.2, 0) is 0 Å². The zero-order valence-corrected chi connectivity index (χ0v) is 15.5. The van der Waals surface area contributed by atoms with Crippen LogP contribution in [-0.4, -0.2) is 18.4 Å². The predicted octanol–water partition coefficient (Wildman–Crippen LogP) is 3.96. The predicted molar refractivity (Wildman–Crippen MR) is 106 cm³/mol. The molecule has 1 aliphatic heterocycles. The zero-order valence-electron chi connectivity index (χ0n) is 15.5. The molecule has 2 aromatic carbocycles. The first-order valence-electron chi connectivity index (χ1n) is 8.76. The van der Waals surface area contributed by atoms with Crippen LogP contribution in [0.2, 0.25) is 0 Å². The molecule has 4 rings (SSSR count). The smallest absolute Gasteiger partial charge is 0.205 e. The summed E-state index contributed by atoms with van der Waals surface area (Å²) in [4.78, 5) is 4.41. The van der Waals surface area contributed by atoms with Crippen molar-refractivity contribution >= 4 is 11.9 Å². The van der Waals surface area contributed by atoms with Crippen molar-refractivity contribution in [2.24, 2.45) is 10.7 Å². The summed E-state index contributed by atoms with van der Waals surface area (Å²) in [5, 5.41) is 20.0. The van der Waals surface area contributed by atoms with Crippen molar-refractivity contribution < 1.29 is 19.0 Å². The zero-order chi connectivity index (χ0) is 20.4. The molecule has 7 nitrogen and oxygen atoms in total. The molecule has 0 saturated heterocycles. The van der Waals surface area contributed by atoms with Crippen molar-refractivity contribution in [3.63, 3.8) is 0 Å². The summed E-state index contributed by atoms with van der Waals surface area (Å²) in [5.41, 5.74) is 7.95. The van der Waals surface area contributed by atoms with Gasteiger partial charge in [-0.05, 0) is 30.3 Å². The Morgan fingerprint density at radius 3 is 2.83 bits per heavy atom. The molecule has 3 aromatic rings. The number of fused-ring (bicyclic) bond motifs is 1. The molecule has 0 radical (unpaired) electrons. The van der Waals surface area contributed by atoms with E-state index in [2.05, 4.69) is 11.1 Å². The highest BCUT2D eigenvalue weighted by molar-refractivity contribution is 5.86. The van der Waals surface area contributed by atoms with Gasteiger partial charge in [0.2, 0.25) is 5.88 Å². The Bertz CT molecular complexity index is 1160. The SMILES string of the molecule is COc1cccc(N=Cc2cc3c(cc2O)OC(N)=C(C#N)C3c2ccco2)c1. The van der Waals surface area contributed by atoms with Gasteiger partial charge in [0.15, 0.2) is 0 Å². The van der Waals surface area contributed by atoms with Crippen molar-refractivity contribution in [2.75, 3.05) is 7.11 Å². The third-order valence-electron chi connectivity index (χ3n) is 4.60. The highest BCUT2D eigenvalue weighted by atomic mass is 16.5. The molecule has 0 saturated carbocycles. The standard InChI is InChI=1S/C22H17N3O4/c1-27-15-5-2-4-14(9-15)25-12-13-8-16-20(10-18(13)26)29-22(24)17(11-23)21(16)19-6-3-7-28-19/h2-10,12,21,26H,24H2,1H3. The minimum atomic E-state index is -0.539. The van der Waals surface area contributed by atoms with Crippen molar-refractivity contribution in [3.05, 3.63) is 83.1 Å². The molecule has 0 bridgehead atoms. The van der Waals surface area contributed by atoms with E-state index in [-0.39, 0.29) is 17.2 Å². The Hall–Kier alpha value is -4.18. The maximum absolute atomic E-state index is 10.4. The molecular formula is C22H17N3O4. The summed E-state index contributed by atoms with van der Waals surface area (Å²) < 4.78 is 16.3. The Kier molecular flexibility index (Phi) is 4.67. The van der Waals surface area contributed by atoms with Crippen LogP contribution < -0.4 is 15.2 Å². The number of aromatic hydroxyl groups is 1. The summed E-state index contributed by atoms with van der Waals surface area (Å²) >= 11 is 0. The van der Waals surface area contributed by atoms with Crippen LogP contribution in [0.15, 0.2) is 75.7 Å². The first kappa shape index (κ1) is 18.2. The van der Waals surface area contributed by atoms with Gasteiger partial charge >= 0.3 is 0 Å². The number of aliphatic imine (C=N–C) groups is 1. The molecule has 0 aliphatic carbocycles. The number of allylic oxidation sites excluding steroid dienone is 1. The van der Waals surface area contributed by atoms with Gasteiger partial charge in [0.25, 0.3) is 0 Å². The van der Waals surface area contributed by atoms with Gasteiger partial charge < -0.3 is 24.7 Å². The number of rotatable bonds is 4. The topological polar surface area (TPSA) is 114 Å². The number of hydrogen-bond acceptors (Lipinski definition) is 7. The lowest BCUT2D eigenvalue weighted by molar-refractivity contribution is 0.379. The molecule has 0 fully saturated rings. The Morgan fingerprint density at radius 2 is 2.10 bits per heavy atom. The molecule has 144 valence electrons. The number of nitrogens with zero attached hydrogens (tertiary/aromatic N) is 2. The van der Waals surface area contributed by atoms with E-state index >= 15 is 0 Å². The van der Waals surface area contributed by atoms with E-state index in [9.17, 15) is 10.4 Å². The van der Waals surface area contributed by atoms with E-state index in [1.165, 1.54) is 18.5 Å². The summed E-state index contributed by atoms with van der Waals surface area (Å²) in [6, 6.07) is 16.0. The fourth-order valence-corrected chi connectivity index (χ4v) is 3.20. The van der Waals surface area contributed by atoms with Gasteiger partial charge in [0.1, 0.15) is 34.7 Å². The lowest BCUT2D eigenvalue weighted by Gasteiger charge is -2.25. The minimum Gasteiger partial charge on any atom is -0.507 e. The largest absolute Gasteiger partial charge is 0.507 e. The number of phenols is 1. The van der Waals surface area contributed by atoms with Crippen LogP contribution >= 0.6 is 0 Å². The quantitative estimate of drug-likeness (QED) is 0.655. The molecule has 29 heavy (non-hydrogen) atoms. The van der Waals surface area contributed by atoms with Crippen LogP contribution in [0.4, 0.5) is 5.69 Å². The third kappa shape index (κ3) is 3.39. The maximum atomic E-state index is 10.4. The monoisotopic (exact) mass is 387 g/mol. The second-order valence-electron chi connectivity index (χ2n) is 6.35. The van der Waals surface area contributed by atoms with Crippen molar-refractivity contribution in [3.8, 4) is 23.3 Å². The summed E-state index contributed by atoms with van der Waals surface area (Å²) in [5.74, 6) is 1.01. The van der Waals surface area contributed by atoms with E-state index in [0.717, 1.165) is 0 Å². The molecule has 1 unspecified atom stereocenters. The Labute approximate surface area is 166 Å². The van der Waals surface area contributed by atoms with Crippen molar-refractivity contribution in [1.29, 1.82) is 5.26 Å². The highest BCUT2D eigenvalue weighted by Gasteiger charge is 2.33. The minimum absolute atomic E-state index is 0.0152. The number of methoxy groups -OCH3 is 1. The molecule has 7 heteroatoms. The second kappa shape index (κ2) is 7.44. The van der Waals surface area contributed by atoms with Crippen LogP contribution in [0.1, 0.15) is 22.8 Å². The van der Waals surface area contributed by atoms with Gasteiger partial charge in [-0.25, -0.2) is 0 Å². The molecule has 1 atom stereocenters. The molecule has 0 spiro atoms.